The molecule has 0 aromatic rings. The predicted molar refractivity (Wildman–Crippen MR) is 24.4 cm³/mol. The Labute approximate surface area is 43.6 Å². The first kappa shape index (κ1) is 6.56. The van der Waals surface area contributed by atoms with Crippen LogP contribution in [-0.2, 0) is 11.3 Å². The summed E-state index contributed by atoms with van der Waals surface area (Å²) in [5.41, 5.74) is 0. The molecule has 4 nitrogen and oxygen atoms in total. The summed E-state index contributed by atoms with van der Waals surface area (Å²) in [7, 11) is 0. The molecule has 0 aliphatic heterocycles. The van der Waals surface area contributed by atoms with Gasteiger partial charge in [0.25, 0.3) is 0 Å². The van der Waals surface area contributed by atoms with Crippen LogP contribution in [0.5, 0.6) is 0 Å². The van der Waals surface area contributed by atoms with Gasteiger partial charge in [-0.15, -0.1) is 0 Å². The van der Waals surface area contributed by atoms with Crippen LogP contribution in [0.2, 0.25) is 0 Å². The Morgan fingerprint density at radius 3 is 2.71 bits per heavy atom. The summed E-state index contributed by atoms with van der Waals surface area (Å²) in [6.45, 7) is -0.0941. The maximum Gasteiger partial charge on any atom is 0.232 e. The molecule has 1 unspecified atom stereocenters. The van der Waals surface area contributed by atoms with Gasteiger partial charge < -0.3 is 0 Å². The van der Waals surface area contributed by atoms with Gasteiger partial charge in [-0.2, -0.15) is 5.26 Å². The number of nitrogens with one attached hydrogen (secondary N) is 1. The number of nitrogens with zero attached hydrogens (tertiary/aromatic N) is 1. The lowest BCUT2D eigenvalue weighted by atomic mass is 10.8. The molecule has 7 heavy (non-hydrogen) atoms. The average Bonchev–Trinajstić information content (AvgIpc) is 1.61. The van der Waals surface area contributed by atoms with E-state index in [0.29, 0.717) is 0 Å². The maximum absolute atomic E-state index is 9.61. The SMILES string of the molecule is N#CCNS(=O)O. The molecular weight excluding hydrogens is 116 g/mol. The van der Waals surface area contributed by atoms with Crippen molar-refractivity contribution in [3.05, 3.63) is 0 Å². The normalized spacial score (nSPS) is 12.6. The maximum atomic E-state index is 9.61. The lowest BCUT2D eigenvalue weighted by Gasteiger charge is -1.84. The Morgan fingerprint density at radius 1 is 2.00 bits per heavy atom. The van der Waals surface area contributed by atoms with Gasteiger partial charge >= 0.3 is 0 Å². The summed E-state index contributed by atoms with van der Waals surface area (Å²) in [6.07, 6.45) is 0. The monoisotopic (exact) mass is 120 g/mol. The molecule has 0 aliphatic carbocycles. The van der Waals surface area contributed by atoms with Gasteiger partial charge in [-0.1, -0.05) is 0 Å². The van der Waals surface area contributed by atoms with Gasteiger partial charge in [-0.3, -0.25) is 4.55 Å². The second-order valence-corrected chi connectivity index (χ2v) is 1.52. The summed E-state index contributed by atoms with van der Waals surface area (Å²) in [6, 6.07) is 1.63. The van der Waals surface area contributed by atoms with Gasteiger partial charge in [-0.05, 0) is 0 Å². The van der Waals surface area contributed by atoms with Crippen LogP contribution in [0.25, 0.3) is 0 Å². The van der Waals surface area contributed by atoms with Crippen LogP contribution in [0.4, 0.5) is 0 Å². The van der Waals surface area contributed by atoms with Gasteiger partial charge in [0.2, 0.25) is 11.3 Å². The van der Waals surface area contributed by atoms with E-state index in [9.17, 15) is 4.21 Å². The molecule has 0 fully saturated rings. The fraction of sp³-hybridized carbons (Fsp3) is 0.500. The third-order valence-electron chi connectivity index (χ3n) is 0.275. The van der Waals surface area contributed by atoms with Crippen LogP contribution >= 0.6 is 0 Å². The van der Waals surface area contributed by atoms with Gasteiger partial charge in [-0.25, -0.2) is 8.93 Å². The van der Waals surface area contributed by atoms with Crippen LogP contribution in [0.15, 0.2) is 0 Å². The average molecular weight is 120 g/mol. The van der Waals surface area contributed by atoms with E-state index in [1.54, 1.807) is 6.07 Å². The number of hydrogen-bond acceptors (Lipinski definition) is 2. The highest BCUT2D eigenvalue weighted by Gasteiger charge is 1.84. The van der Waals surface area contributed by atoms with E-state index in [1.165, 1.54) is 0 Å². The van der Waals surface area contributed by atoms with Crippen LogP contribution < -0.4 is 4.72 Å². The molecule has 0 amide bonds. The van der Waals surface area contributed by atoms with Gasteiger partial charge in [0, 0.05) is 0 Å². The van der Waals surface area contributed by atoms with E-state index in [4.69, 9.17) is 9.81 Å². The Hall–Kier alpha value is -0.440. The summed E-state index contributed by atoms with van der Waals surface area (Å²) in [5.74, 6) is 0. The largest absolute Gasteiger partial charge is 0.294 e. The summed E-state index contributed by atoms with van der Waals surface area (Å²) < 4.78 is 19.5. The van der Waals surface area contributed by atoms with Crippen LogP contribution in [0.1, 0.15) is 0 Å². The highest BCUT2D eigenvalue weighted by atomic mass is 32.2. The number of nitriles is 1. The van der Waals surface area contributed by atoms with Crippen molar-refractivity contribution in [3.8, 4) is 6.07 Å². The molecule has 0 aromatic heterocycles. The van der Waals surface area contributed by atoms with Crippen molar-refractivity contribution in [1.29, 1.82) is 5.26 Å². The fourth-order valence-electron chi connectivity index (χ4n) is 0.0940. The summed E-state index contributed by atoms with van der Waals surface area (Å²) in [5, 5.41) is 7.76. The Kier molecular flexibility index (Phi) is 3.50. The van der Waals surface area contributed by atoms with Crippen molar-refractivity contribution >= 4 is 11.3 Å². The van der Waals surface area contributed by atoms with Gasteiger partial charge in [0.1, 0.15) is 0 Å². The molecule has 0 radical (unpaired) electrons. The predicted octanol–water partition coefficient (Wildman–Crippen LogP) is -0.764. The minimum absolute atomic E-state index is 0.0941. The Bertz CT molecular complexity index is 107. The van der Waals surface area contributed by atoms with E-state index < -0.39 is 11.3 Å². The van der Waals surface area contributed by atoms with E-state index in [-0.39, 0.29) is 6.54 Å². The van der Waals surface area contributed by atoms with Crippen molar-refractivity contribution in [3.63, 3.8) is 0 Å². The second-order valence-electron chi connectivity index (χ2n) is 0.728. The molecule has 0 aliphatic rings. The van der Waals surface area contributed by atoms with E-state index >= 15 is 0 Å². The van der Waals surface area contributed by atoms with Crippen molar-refractivity contribution in [2.24, 2.45) is 0 Å². The van der Waals surface area contributed by atoms with Crippen molar-refractivity contribution in [2.75, 3.05) is 6.54 Å². The zero-order valence-corrected chi connectivity index (χ0v) is 4.23. The fourth-order valence-corrected chi connectivity index (χ4v) is 0.282. The third-order valence-corrected chi connectivity index (χ3v) is 0.666. The molecule has 0 saturated carbocycles. The van der Waals surface area contributed by atoms with E-state index in [0.717, 1.165) is 0 Å². The Balaban J connectivity index is 3.02. The molecule has 0 spiro atoms. The molecule has 0 aromatic carbocycles. The first-order valence-electron chi connectivity index (χ1n) is 1.48. The molecule has 5 heteroatoms. The second kappa shape index (κ2) is 3.74. The molecule has 0 saturated heterocycles. The minimum Gasteiger partial charge on any atom is -0.294 e. The van der Waals surface area contributed by atoms with Crippen molar-refractivity contribution in [2.45, 2.75) is 0 Å². The minimum atomic E-state index is -2.04. The molecule has 2 N–H and O–H groups in total. The van der Waals surface area contributed by atoms with Crippen LogP contribution in [-0.4, -0.2) is 15.3 Å². The molecule has 0 heterocycles. The first-order valence-corrected chi connectivity index (χ1v) is 2.59. The highest BCUT2D eigenvalue weighted by molar-refractivity contribution is 7.77. The van der Waals surface area contributed by atoms with Gasteiger partial charge in [0.05, 0.1) is 12.6 Å². The lowest BCUT2D eigenvalue weighted by Crippen LogP contribution is -2.15. The van der Waals surface area contributed by atoms with Crippen molar-refractivity contribution in [1.82, 2.24) is 4.72 Å². The molecule has 0 rings (SSSR count). The molecule has 0 bridgehead atoms. The summed E-state index contributed by atoms with van der Waals surface area (Å²) >= 11 is -2.04. The zero-order chi connectivity index (χ0) is 5.70. The Morgan fingerprint density at radius 2 is 2.57 bits per heavy atom. The molecule has 40 valence electrons. The lowest BCUT2D eigenvalue weighted by molar-refractivity contribution is 0.553. The van der Waals surface area contributed by atoms with E-state index in [1.807, 2.05) is 4.72 Å². The van der Waals surface area contributed by atoms with E-state index in [2.05, 4.69) is 0 Å². The first-order chi connectivity index (χ1) is 3.27. The van der Waals surface area contributed by atoms with Crippen molar-refractivity contribution < 1.29 is 8.76 Å². The highest BCUT2D eigenvalue weighted by Crippen LogP contribution is 1.57. The van der Waals surface area contributed by atoms with Gasteiger partial charge in [0.15, 0.2) is 0 Å². The van der Waals surface area contributed by atoms with Crippen LogP contribution in [0, 0.1) is 11.3 Å². The zero-order valence-electron chi connectivity index (χ0n) is 3.42. The smallest absolute Gasteiger partial charge is 0.232 e. The number of rotatable bonds is 2. The third kappa shape index (κ3) is 5.56. The standard InChI is InChI=1S/C2H4N2O2S/c3-1-2-4-7(5)6/h4H,2H2,(H,5,6). The summed E-state index contributed by atoms with van der Waals surface area (Å²) in [4.78, 5) is 0. The quantitative estimate of drug-likeness (QED) is 0.371. The topological polar surface area (TPSA) is 73.1 Å². The number of hydrogen-bond donors (Lipinski definition) is 2. The molecular formula is C2H4N2O2S. The molecule has 1 atom stereocenters. The van der Waals surface area contributed by atoms with Crippen LogP contribution in [0.3, 0.4) is 0 Å².